The SMILES string of the molecule is CC1CCN(C(=O)c2cc3ccccc3oc2=O)CC1O. The van der Waals surface area contributed by atoms with Crippen molar-refractivity contribution < 1.29 is 14.3 Å². The minimum absolute atomic E-state index is 0.0236. The smallest absolute Gasteiger partial charge is 0.349 e. The van der Waals surface area contributed by atoms with Crippen LogP contribution in [0.4, 0.5) is 0 Å². The molecule has 1 aliphatic heterocycles. The molecule has 1 saturated heterocycles. The van der Waals surface area contributed by atoms with Gasteiger partial charge in [0.15, 0.2) is 0 Å². The Morgan fingerprint density at radius 2 is 2.14 bits per heavy atom. The maximum absolute atomic E-state index is 12.5. The number of β-amino-alcohol motifs (C(OH)–C–C–N with tert-alkyl or cyclic N) is 1. The molecule has 1 aromatic carbocycles. The third kappa shape index (κ3) is 2.56. The van der Waals surface area contributed by atoms with E-state index < -0.39 is 11.7 Å². The lowest BCUT2D eigenvalue weighted by atomic mass is 9.95. The average Bonchev–Trinajstić information content (AvgIpc) is 2.48. The van der Waals surface area contributed by atoms with Gasteiger partial charge < -0.3 is 14.4 Å². The van der Waals surface area contributed by atoms with E-state index in [-0.39, 0.29) is 23.9 Å². The van der Waals surface area contributed by atoms with Crippen LogP contribution in [0.3, 0.4) is 0 Å². The Morgan fingerprint density at radius 1 is 1.38 bits per heavy atom. The molecule has 1 amide bonds. The van der Waals surface area contributed by atoms with Gasteiger partial charge in [0.2, 0.25) is 0 Å². The maximum atomic E-state index is 12.5. The zero-order valence-corrected chi connectivity index (χ0v) is 11.8. The Hall–Kier alpha value is -2.14. The molecule has 3 rings (SSSR count). The van der Waals surface area contributed by atoms with Crippen molar-refractivity contribution in [3.8, 4) is 0 Å². The topological polar surface area (TPSA) is 70.8 Å². The van der Waals surface area contributed by atoms with Crippen LogP contribution in [0.25, 0.3) is 11.0 Å². The van der Waals surface area contributed by atoms with Gasteiger partial charge in [0.05, 0.1) is 6.10 Å². The van der Waals surface area contributed by atoms with E-state index >= 15 is 0 Å². The van der Waals surface area contributed by atoms with E-state index in [9.17, 15) is 14.7 Å². The summed E-state index contributed by atoms with van der Waals surface area (Å²) in [6, 6.07) is 8.64. The van der Waals surface area contributed by atoms with Crippen LogP contribution in [-0.4, -0.2) is 35.1 Å². The monoisotopic (exact) mass is 287 g/mol. The zero-order chi connectivity index (χ0) is 15.0. The van der Waals surface area contributed by atoms with E-state index in [1.807, 2.05) is 13.0 Å². The molecular weight excluding hydrogens is 270 g/mol. The van der Waals surface area contributed by atoms with E-state index in [0.717, 1.165) is 6.42 Å². The quantitative estimate of drug-likeness (QED) is 0.809. The number of rotatable bonds is 1. The maximum Gasteiger partial charge on any atom is 0.349 e. The first-order valence-corrected chi connectivity index (χ1v) is 7.06. The predicted octanol–water partition coefficient (Wildman–Crippen LogP) is 1.64. The van der Waals surface area contributed by atoms with Gasteiger partial charge in [-0.1, -0.05) is 25.1 Å². The summed E-state index contributed by atoms with van der Waals surface area (Å²) >= 11 is 0. The third-order valence-electron chi connectivity index (χ3n) is 4.08. The Bertz CT molecular complexity index is 736. The number of aliphatic hydroxyl groups excluding tert-OH is 1. The van der Waals surface area contributed by atoms with Gasteiger partial charge in [-0.25, -0.2) is 4.79 Å². The first-order chi connectivity index (χ1) is 10.1. The van der Waals surface area contributed by atoms with Crippen LogP contribution in [0.15, 0.2) is 39.5 Å². The third-order valence-corrected chi connectivity index (χ3v) is 4.08. The summed E-state index contributed by atoms with van der Waals surface area (Å²) in [6.45, 7) is 2.76. The van der Waals surface area contributed by atoms with Gasteiger partial charge in [-0.3, -0.25) is 4.79 Å². The number of amides is 1. The highest BCUT2D eigenvalue weighted by atomic mass is 16.4. The standard InChI is InChI=1S/C16H17NO4/c1-10-6-7-17(9-13(10)18)15(19)12-8-11-4-2-3-5-14(11)21-16(12)20/h2-5,8,10,13,18H,6-7,9H2,1H3. The Labute approximate surface area is 121 Å². The van der Waals surface area contributed by atoms with Crippen molar-refractivity contribution in [2.24, 2.45) is 5.92 Å². The number of carbonyl (C=O) groups is 1. The number of hydrogen-bond acceptors (Lipinski definition) is 4. The predicted molar refractivity (Wildman–Crippen MR) is 78.2 cm³/mol. The number of benzene rings is 1. The Kier molecular flexibility index (Phi) is 3.51. The lowest BCUT2D eigenvalue weighted by molar-refractivity contribution is 0.0246. The van der Waals surface area contributed by atoms with Crippen LogP contribution < -0.4 is 5.63 Å². The second-order valence-corrected chi connectivity index (χ2v) is 5.57. The van der Waals surface area contributed by atoms with Crippen LogP contribution in [0, 0.1) is 5.92 Å². The van der Waals surface area contributed by atoms with Crippen LogP contribution >= 0.6 is 0 Å². The Morgan fingerprint density at radius 3 is 2.90 bits per heavy atom. The van der Waals surface area contributed by atoms with Gasteiger partial charge in [0, 0.05) is 18.5 Å². The lowest BCUT2D eigenvalue weighted by Crippen LogP contribution is -2.46. The summed E-state index contributed by atoms with van der Waals surface area (Å²) in [5, 5.41) is 10.6. The van der Waals surface area contributed by atoms with Crippen molar-refractivity contribution in [3.05, 3.63) is 46.3 Å². The highest BCUT2D eigenvalue weighted by Gasteiger charge is 2.29. The largest absolute Gasteiger partial charge is 0.422 e. The second-order valence-electron chi connectivity index (χ2n) is 5.57. The molecule has 2 heterocycles. The molecule has 0 bridgehead atoms. The number of fused-ring (bicyclic) bond motifs is 1. The molecule has 1 aromatic heterocycles. The van der Waals surface area contributed by atoms with E-state index in [1.54, 1.807) is 24.3 Å². The molecule has 1 N–H and O–H groups in total. The fourth-order valence-corrected chi connectivity index (χ4v) is 2.61. The van der Waals surface area contributed by atoms with Crippen LogP contribution in [0.5, 0.6) is 0 Å². The van der Waals surface area contributed by atoms with Crippen molar-refractivity contribution >= 4 is 16.9 Å². The summed E-state index contributed by atoms with van der Waals surface area (Å²) in [5.74, 6) is -0.206. The number of piperidine rings is 1. The lowest BCUT2D eigenvalue weighted by Gasteiger charge is -2.34. The van der Waals surface area contributed by atoms with Gasteiger partial charge >= 0.3 is 5.63 Å². The number of para-hydroxylation sites is 1. The van der Waals surface area contributed by atoms with Gasteiger partial charge in [0.1, 0.15) is 11.1 Å². The molecule has 1 aliphatic rings. The second kappa shape index (κ2) is 5.33. The molecule has 0 saturated carbocycles. The first-order valence-electron chi connectivity index (χ1n) is 7.06. The van der Waals surface area contributed by atoms with Gasteiger partial charge in [-0.05, 0) is 24.5 Å². The molecular formula is C16H17NO4. The van der Waals surface area contributed by atoms with Crippen molar-refractivity contribution in [3.63, 3.8) is 0 Å². The summed E-state index contributed by atoms with van der Waals surface area (Å²) in [6.07, 6.45) is 0.182. The molecule has 110 valence electrons. The van der Waals surface area contributed by atoms with Gasteiger partial charge in [-0.2, -0.15) is 0 Å². The summed E-state index contributed by atoms with van der Waals surface area (Å²) in [4.78, 5) is 26.0. The summed E-state index contributed by atoms with van der Waals surface area (Å²) < 4.78 is 5.19. The molecule has 0 radical (unpaired) electrons. The normalized spacial score (nSPS) is 22.5. The van der Waals surface area contributed by atoms with Crippen molar-refractivity contribution in [1.29, 1.82) is 0 Å². The number of aliphatic hydroxyl groups is 1. The first kappa shape index (κ1) is 13.8. The van der Waals surface area contributed by atoms with E-state index in [4.69, 9.17) is 4.42 Å². The van der Waals surface area contributed by atoms with Crippen molar-refractivity contribution in [1.82, 2.24) is 4.90 Å². The zero-order valence-electron chi connectivity index (χ0n) is 11.8. The molecule has 21 heavy (non-hydrogen) atoms. The molecule has 2 aromatic rings. The molecule has 2 atom stereocenters. The molecule has 5 nitrogen and oxygen atoms in total. The minimum Gasteiger partial charge on any atom is -0.422 e. The van der Waals surface area contributed by atoms with Gasteiger partial charge in [-0.15, -0.1) is 0 Å². The molecule has 0 spiro atoms. The molecule has 0 aliphatic carbocycles. The molecule has 1 fully saturated rings. The molecule has 5 heteroatoms. The summed E-state index contributed by atoms with van der Waals surface area (Å²) in [7, 11) is 0. The van der Waals surface area contributed by atoms with Crippen LogP contribution in [-0.2, 0) is 0 Å². The van der Waals surface area contributed by atoms with Crippen LogP contribution in [0.2, 0.25) is 0 Å². The number of nitrogens with zero attached hydrogens (tertiary/aromatic N) is 1. The number of carbonyl (C=O) groups excluding carboxylic acids is 1. The molecule has 2 unspecified atom stereocenters. The van der Waals surface area contributed by atoms with Crippen molar-refractivity contribution in [2.45, 2.75) is 19.4 Å². The Balaban J connectivity index is 1.94. The van der Waals surface area contributed by atoms with Gasteiger partial charge in [0.25, 0.3) is 5.91 Å². The van der Waals surface area contributed by atoms with E-state index in [0.29, 0.717) is 17.5 Å². The number of hydrogen-bond donors (Lipinski definition) is 1. The highest BCUT2D eigenvalue weighted by molar-refractivity contribution is 5.96. The van der Waals surface area contributed by atoms with E-state index in [1.165, 1.54) is 4.90 Å². The minimum atomic E-state index is -0.633. The average molecular weight is 287 g/mol. The fourth-order valence-electron chi connectivity index (χ4n) is 2.61. The number of likely N-dealkylation sites (tertiary alicyclic amines) is 1. The highest BCUT2D eigenvalue weighted by Crippen LogP contribution is 2.19. The van der Waals surface area contributed by atoms with E-state index in [2.05, 4.69) is 0 Å². The van der Waals surface area contributed by atoms with Crippen LogP contribution in [0.1, 0.15) is 23.7 Å². The van der Waals surface area contributed by atoms with Crippen molar-refractivity contribution in [2.75, 3.05) is 13.1 Å². The summed E-state index contributed by atoms with van der Waals surface area (Å²) in [5.41, 5.74) is -0.145. The fraction of sp³-hybridized carbons (Fsp3) is 0.375.